The minimum absolute atomic E-state index is 0.233. The number of nitrogens with one attached hydrogen (secondary N) is 2. The van der Waals surface area contributed by atoms with Gasteiger partial charge in [-0.25, -0.2) is 0 Å². The zero-order valence-electron chi connectivity index (χ0n) is 14.6. The van der Waals surface area contributed by atoms with Crippen molar-refractivity contribution in [2.24, 2.45) is 0 Å². The molecule has 0 bridgehead atoms. The first kappa shape index (κ1) is 18.5. The van der Waals surface area contributed by atoms with Crippen LogP contribution < -0.4 is 10.1 Å². The number of hydrogen-bond acceptors (Lipinski definition) is 3. The van der Waals surface area contributed by atoms with E-state index in [2.05, 4.69) is 31.4 Å². The largest absolute Gasteiger partial charge is 0.489 e. The number of halogens is 2. The minimum Gasteiger partial charge on any atom is -0.489 e. The Morgan fingerprint density at radius 2 is 1.89 bits per heavy atom. The van der Waals surface area contributed by atoms with Crippen LogP contribution in [0.25, 0.3) is 10.9 Å². The summed E-state index contributed by atoms with van der Waals surface area (Å²) in [5, 5.41) is 11.4. The zero-order valence-corrected chi connectivity index (χ0v) is 16.9. The van der Waals surface area contributed by atoms with E-state index in [0.29, 0.717) is 28.8 Å². The van der Waals surface area contributed by atoms with E-state index in [1.807, 2.05) is 54.6 Å². The van der Waals surface area contributed by atoms with Gasteiger partial charge in [0.25, 0.3) is 5.91 Å². The van der Waals surface area contributed by atoms with Crippen LogP contribution in [0.15, 0.2) is 71.2 Å². The van der Waals surface area contributed by atoms with Crippen LogP contribution in [-0.4, -0.2) is 16.1 Å². The molecule has 4 rings (SSSR count). The molecule has 0 unspecified atom stereocenters. The van der Waals surface area contributed by atoms with Crippen molar-refractivity contribution in [1.29, 1.82) is 0 Å². The number of aromatic amines is 1. The first-order valence-corrected chi connectivity index (χ1v) is 9.68. The van der Waals surface area contributed by atoms with Gasteiger partial charge in [0.15, 0.2) is 5.82 Å². The predicted molar refractivity (Wildman–Crippen MR) is 114 cm³/mol. The highest BCUT2D eigenvalue weighted by molar-refractivity contribution is 9.10. The number of nitrogens with zero attached hydrogens (tertiary/aromatic N) is 1. The van der Waals surface area contributed by atoms with Crippen LogP contribution in [-0.2, 0) is 6.61 Å². The molecular formula is C21H15BrClN3O2. The monoisotopic (exact) mass is 455 g/mol. The molecule has 140 valence electrons. The fourth-order valence-electron chi connectivity index (χ4n) is 2.74. The molecule has 0 atom stereocenters. The average molecular weight is 457 g/mol. The molecule has 3 aromatic carbocycles. The van der Waals surface area contributed by atoms with E-state index in [4.69, 9.17) is 16.3 Å². The van der Waals surface area contributed by atoms with Gasteiger partial charge in [-0.15, -0.1) is 0 Å². The summed E-state index contributed by atoms with van der Waals surface area (Å²) >= 11 is 9.53. The van der Waals surface area contributed by atoms with Crippen molar-refractivity contribution < 1.29 is 9.53 Å². The van der Waals surface area contributed by atoms with Crippen molar-refractivity contribution in [2.45, 2.75) is 6.61 Å². The van der Waals surface area contributed by atoms with Crippen LogP contribution in [0, 0.1) is 0 Å². The lowest BCUT2D eigenvalue weighted by Crippen LogP contribution is -2.12. The Labute approximate surface area is 174 Å². The molecule has 0 spiro atoms. The molecule has 1 amide bonds. The topological polar surface area (TPSA) is 67.0 Å². The zero-order chi connectivity index (χ0) is 19.5. The highest BCUT2D eigenvalue weighted by Gasteiger charge is 2.12. The molecule has 0 aliphatic rings. The third-order valence-electron chi connectivity index (χ3n) is 4.22. The molecule has 0 radical (unpaired) electrons. The summed E-state index contributed by atoms with van der Waals surface area (Å²) in [5.41, 5.74) is 2.25. The Balaban J connectivity index is 1.53. The number of carbonyl (C=O) groups excluding carboxylic acids is 1. The van der Waals surface area contributed by atoms with Crippen LogP contribution in [0.3, 0.4) is 0 Å². The van der Waals surface area contributed by atoms with Gasteiger partial charge < -0.3 is 10.1 Å². The summed E-state index contributed by atoms with van der Waals surface area (Å²) in [4.78, 5) is 12.5. The smallest absolute Gasteiger partial charge is 0.256 e. The van der Waals surface area contributed by atoms with Crippen LogP contribution in [0.2, 0.25) is 5.02 Å². The Bertz CT molecular complexity index is 1140. The summed E-state index contributed by atoms with van der Waals surface area (Å²) in [6, 6.07) is 20.2. The summed E-state index contributed by atoms with van der Waals surface area (Å²) in [7, 11) is 0. The van der Waals surface area contributed by atoms with Crippen molar-refractivity contribution in [3.63, 3.8) is 0 Å². The van der Waals surface area contributed by atoms with Crippen LogP contribution in [0.4, 0.5) is 5.82 Å². The normalized spacial score (nSPS) is 10.8. The van der Waals surface area contributed by atoms with E-state index < -0.39 is 0 Å². The number of carbonyl (C=O) groups is 1. The highest BCUT2D eigenvalue weighted by Crippen LogP contribution is 2.27. The van der Waals surface area contributed by atoms with E-state index in [-0.39, 0.29) is 5.91 Å². The number of rotatable bonds is 5. The summed E-state index contributed by atoms with van der Waals surface area (Å²) in [6.07, 6.45) is 0. The second kappa shape index (κ2) is 8.04. The predicted octanol–water partition coefficient (Wildman–Crippen LogP) is 5.81. The maximum absolute atomic E-state index is 12.5. The van der Waals surface area contributed by atoms with E-state index >= 15 is 0 Å². The third-order valence-corrected chi connectivity index (χ3v) is 5.12. The number of amides is 1. The van der Waals surface area contributed by atoms with E-state index in [9.17, 15) is 4.79 Å². The Morgan fingerprint density at radius 1 is 1.11 bits per heavy atom. The molecule has 1 aromatic heterocycles. The summed E-state index contributed by atoms with van der Waals surface area (Å²) in [5.74, 6) is 0.877. The molecule has 1 heterocycles. The SMILES string of the molecule is O=C(Nc1n[nH]c2ccc(OCc3ccccc3Cl)cc12)c1ccc(Br)cc1. The Morgan fingerprint density at radius 3 is 2.68 bits per heavy atom. The van der Waals surface area contributed by atoms with Gasteiger partial charge in [0.2, 0.25) is 0 Å². The lowest BCUT2D eigenvalue weighted by molar-refractivity contribution is 0.102. The summed E-state index contributed by atoms with van der Waals surface area (Å²) in [6.45, 7) is 0.351. The number of benzene rings is 3. The quantitative estimate of drug-likeness (QED) is 0.398. The molecule has 2 N–H and O–H groups in total. The maximum Gasteiger partial charge on any atom is 0.256 e. The molecular weight excluding hydrogens is 442 g/mol. The maximum atomic E-state index is 12.5. The molecule has 28 heavy (non-hydrogen) atoms. The van der Waals surface area contributed by atoms with Gasteiger partial charge in [0.1, 0.15) is 12.4 Å². The van der Waals surface area contributed by atoms with Crippen LogP contribution >= 0.6 is 27.5 Å². The van der Waals surface area contributed by atoms with Gasteiger partial charge in [-0.3, -0.25) is 9.89 Å². The molecule has 0 saturated heterocycles. The Hall–Kier alpha value is -2.83. The molecule has 0 saturated carbocycles. The summed E-state index contributed by atoms with van der Waals surface area (Å²) < 4.78 is 6.78. The molecule has 0 aliphatic heterocycles. The lowest BCUT2D eigenvalue weighted by Gasteiger charge is -2.08. The minimum atomic E-state index is -0.233. The molecule has 0 fully saturated rings. The Kier molecular flexibility index (Phi) is 5.32. The fourth-order valence-corrected chi connectivity index (χ4v) is 3.19. The number of H-pyrrole nitrogens is 1. The van der Waals surface area contributed by atoms with E-state index in [1.54, 1.807) is 12.1 Å². The second-order valence-electron chi connectivity index (χ2n) is 6.12. The highest BCUT2D eigenvalue weighted by atomic mass is 79.9. The van der Waals surface area contributed by atoms with Crippen molar-refractivity contribution >= 4 is 50.2 Å². The molecule has 5 nitrogen and oxygen atoms in total. The van der Waals surface area contributed by atoms with Crippen molar-refractivity contribution in [1.82, 2.24) is 10.2 Å². The van der Waals surface area contributed by atoms with E-state index in [0.717, 1.165) is 20.9 Å². The number of fused-ring (bicyclic) bond motifs is 1. The van der Waals surface area contributed by atoms with Gasteiger partial charge in [-0.05, 0) is 48.5 Å². The standard InChI is InChI=1S/C21H15BrClN3O2/c22-15-7-5-13(6-8-15)21(27)24-20-17-11-16(9-10-19(17)25-26-20)28-12-14-3-1-2-4-18(14)23/h1-11H,12H2,(H2,24,25,26,27). The van der Waals surface area contributed by atoms with Gasteiger partial charge >= 0.3 is 0 Å². The number of ether oxygens (including phenoxy) is 1. The van der Waals surface area contributed by atoms with Crippen LogP contribution in [0.5, 0.6) is 5.75 Å². The lowest BCUT2D eigenvalue weighted by atomic mass is 10.2. The van der Waals surface area contributed by atoms with Crippen molar-refractivity contribution in [3.8, 4) is 5.75 Å². The van der Waals surface area contributed by atoms with Gasteiger partial charge in [0.05, 0.1) is 5.52 Å². The first-order chi connectivity index (χ1) is 13.6. The second-order valence-corrected chi connectivity index (χ2v) is 7.44. The van der Waals surface area contributed by atoms with E-state index in [1.165, 1.54) is 0 Å². The first-order valence-electron chi connectivity index (χ1n) is 8.51. The molecule has 7 heteroatoms. The van der Waals surface area contributed by atoms with Crippen LogP contribution in [0.1, 0.15) is 15.9 Å². The average Bonchev–Trinajstić information content (AvgIpc) is 3.10. The number of anilines is 1. The van der Waals surface area contributed by atoms with Crippen molar-refractivity contribution in [3.05, 3.63) is 87.4 Å². The molecule has 4 aromatic rings. The molecule has 0 aliphatic carbocycles. The third kappa shape index (κ3) is 4.03. The van der Waals surface area contributed by atoms with Crippen molar-refractivity contribution in [2.75, 3.05) is 5.32 Å². The fraction of sp³-hybridized carbons (Fsp3) is 0.0476. The number of hydrogen-bond donors (Lipinski definition) is 2. The van der Waals surface area contributed by atoms with Gasteiger partial charge in [0, 0.05) is 26.0 Å². The van der Waals surface area contributed by atoms with Gasteiger partial charge in [-0.1, -0.05) is 45.7 Å². The van der Waals surface area contributed by atoms with Gasteiger partial charge in [-0.2, -0.15) is 5.10 Å². The number of aromatic nitrogens is 2.